The summed E-state index contributed by atoms with van der Waals surface area (Å²) in [4.78, 5) is 22.7. The van der Waals surface area contributed by atoms with Gasteiger partial charge < -0.3 is 15.8 Å². The van der Waals surface area contributed by atoms with Crippen LogP contribution >= 0.6 is 0 Å². The summed E-state index contributed by atoms with van der Waals surface area (Å²) in [6, 6.07) is 3.35. The number of nitrogens with two attached hydrogens (primary N) is 1. The summed E-state index contributed by atoms with van der Waals surface area (Å²) in [6.45, 7) is 0. The molecule has 0 spiro atoms. The quantitative estimate of drug-likeness (QED) is 0.890. The maximum Gasteiger partial charge on any atom is 0.404 e. The van der Waals surface area contributed by atoms with Gasteiger partial charge in [0.1, 0.15) is 11.9 Å². The Hall–Kier alpha value is -2.25. The van der Waals surface area contributed by atoms with Crippen LogP contribution < -0.4 is 11.1 Å². The molecule has 0 saturated heterocycles. The number of nitrogens with one attached hydrogen (secondary N) is 1. The molecule has 0 bridgehead atoms. The first kappa shape index (κ1) is 15.6. The Labute approximate surface area is 130 Å². The highest BCUT2D eigenvalue weighted by Gasteiger charge is 2.46. The number of primary amides is 1. The van der Waals surface area contributed by atoms with E-state index in [4.69, 9.17) is 10.5 Å². The number of ether oxygens (including phenoxy) is 1. The van der Waals surface area contributed by atoms with Gasteiger partial charge in [-0.15, -0.1) is 0 Å². The van der Waals surface area contributed by atoms with E-state index in [9.17, 15) is 22.8 Å². The highest BCUT2D eigenvalue weighted by Crippen LogP contribution is 2.43. The Bertz CT molecular complexity index is 657. The average molecular weight is 328 g/mol. The molecule has 5 nitrogen and oxygen atoms in total. The van der Waals surface area contributed by atoms with E-state index >= 15 is 0 Å². The van der Waals surface area contributed by atoms with Crippen molar-refractivity contribution in [1.29, 1.82) is 0 Å². The number of hydrogen-bond acceptors (Lipinski definition) is 3. The lowest BCUT2D eigenvalue weighted by Crippen LogP contribution is -2.50. The van der Waals surface area contributed by atoms with E-state index in [0.717, 1.165) is 6.07 Å². The molecule has 3 N–H and O–H groups in total. The number of hydrogen-bond donors (Lipinski definition) is 2. The zero-order chi connectivity index (χ0) is 16.8. The SMILES string of the molecule is NC(=O)O[C@@H]1C[C@H]1c1ccc(F)c(C(=O)NC2CC(F)(F)C2)c1. The van der Waals surface area contributed by atoms with Crippen molar-refractivity contribution in [2.24, 2.45) is 5.73 Å². The number of halogens is 3. The zero-order valence-electron chi connectivity index (χ0n) is 12.0. The van der Waals surface area contributed by atoms with Crippen LogP contribution in [0.15, 0.2) is 18.2 Å². The van der Waals surface area contributed by atoms with Crippen LogP contribution in [0.4, 0.5) is 18.0 Å². The van der Waals surface area contributed by atoms with Gasteiger partial charge in [0.15, 0.2) is 0 Å². The molecule has 3 rings (SSSR count). The molecule has 8 heteroatoms. The molecule has 2 aliphatic rings. The van der Waals surface area contributed by atoms with E-state index in [1.165, 1.54) is 12.1 Å². The molecular weight excluding hydrogens is 313 g/mol. The van der Waals surface area contributed by atoms with Gasteiger partial charge in [0.25, 0.3) is 11.8 Å². The minimum atomic E-state index is -2.76. The number of rotatable bonds is 4. The van der Waals surface area contributed by atoms with Crippen molar-refractivity contribution in [2.45, 2.75) is 43.2 Å². The summed E-state index contributed by atoms with van der Waals surface area (Å²) in [6.07, 6.45) is -1.58. The largest absolute Gasteiger partial charge is 0.446 e. The van der Waals surface area contributed by atoms with Crippen molar-refractivity contribution in [2.75, 3.05) is 0 Å². The van der Waals surface area contributed by atoms with Gasteiger partial charge in [-0.3, -0.25) is 4.79 Å². The number of alkyl halides is 2. The highest BCUT2D eigenvalue weighted by molar-refractivity contribution is 5.95. The third-order valence-corrected chi connectivity index (χ3v) is 4.09. The molecule has 2 fully saturated rings. The fraction of sp³-hybridized carbons (Fsp3) is 0.467. The van der Waals surface area contributed by atoms with Crippen molar-refractivity contribution in [3.63, 3.8) is 0 Å². The van der Waals surface area contributed by atoms with Crippen LogP contribution in [-0.4, -0.2) is 30.1 Å². The average Bonchev–Trinajstić information content (AvgIpc) is 3.15. The first-order valence-corrected chi connectivity index (χ1v) is 7.19. The van der Waals surface area contributed by atoms with Gasteiger partial charge in [0, 0.05) is 24.8 Å². The van der Waals surface area contributed by atoms with Crippen molar-refractivity contribution in [3.8, 4) is 0 Å². The fourth-order valence-electron chi connectivity index (χ4n) is 2.78. The number of carbonyl (C=O) groups is 2. The summed E-state index contributed by atoms with van der Waals surface area (Å²) in [5.41, 5.74) is 5.36. The lowest BCUT2D eigenvalue weighted by molar-refractivity contribution is -0.0901. The fourth-order valence-corrected chi connectivity index (χ4v) is 2.78. The third kappa shape index (κ3) is 3.40. The summed E-state index contributed by atoms with van der Waals surface area (Å²) in [5, 5.41) is 2.39. The lowest BCUT2D eigenvalue weighted by atomic mass is 9.88. The maximum atomic E-state index is 13.8. The smallest absolute Gasteiger partial charge is 0.404 e. The summed E-state index contributed by atoms with van der Waals surface area (Å²) >= 11 is 0. The molecule has 2 amide bonds. The minimum Gasteiger partial charge on any atom is -0.446 e. The van der Waals surface area contributed by atoms with Gasteiger partial charge in [-0.05, 0) is 24.1 Å². The van der Waals surface area contributed by atoms with E-state index in [1.807, 2.05) is 0 Å². The molecular formula is C15H15F3N2O3. The van der Waals surface area contributed by atoms with E-state index < -0.39 is 42.6 Å². The van der Waals surface area contributed by atoms with Crippen LogP contribution in [0.1, 0.15) is 41.1 Å². The van der Waals surface area contributed by atoms with Crippen molar-refractivity contribution >= 4 is 12.0 Å². The number of amides is 2. The minimum absolute atomic E-state index is 0.136. The summed E-state index contributed by atoms with van der Waals surface area (Å²) in [7, 11) is 0. The predicted molar refractivity (Wildman–Crippen MR) is 73.6 cm³/mol. The van der Waals surface area contributed by atoms with Crippen molar-refractivity contribution in [3.05, 3.63) is 35.1 Å². The second kappa shape index (κ2) is 5.43. The molecule has 124 valence electrons. The number of carbonyl (C=O) groups excluding carboxylic acids is 2. The molecule has 1 aromatic rings. The third-order valence-electron chi connectivity index (χ3n) is 4.09. The van der Waals surface area contributed by atoms with Crippen molar-refractivity contribution < 1.29 is 27.5 Å². The first-order chi connectivity index (χ1) is 10.7. The maximum absolute atomic E-state index is 13.8. The molecule has 0 aromatic heterocycles. The molecule has 0 heterocycles. The second-order valence-corrected chi connectivity index (χ2v) is 5.99. The molecule has 0 radical (unpaired) electrons. The first-order valence-electron chi connectivity index (χ1n) is 7.19. The van der Waals surface area contributed by atoms with E-state index in [0.29, 0.717) is 12.0 Å². The monoisotopic (exact) mass is 328 g/mol. The van der Waals surface area contributed by atoms with Gasteiger partial charge in [0.2, 0.25) is 0 Å². The summed E-state index contributed by atoms with van der Waals surface area (Å²) < 4.78 is 44.2. The molecule has 2 saturated carbocycles. The van der Waals surface area contributed by atoms with Gasteiger partial charge in [-0.2, -0.15) is 0 Å². The van der Waals surface area contributed by atoms with Crippen molar-refractivity contribution in [1.82, 2.24) is 5.32 Å². The van der Waals surface area contributed by atoms with Gasteiger partial charge in [0.05, 0.1) is 5.56 Å². The van der Waals surface area contributed by atoms with E-state index in [1.54, 1.807) is 0 Å². The molecule has 0 aliphatic heterocycles. The van der Waals surface area contributed by atoms with Crippen LogP contribution in [0.5, 0.6) is 0 Å². The zero-order valence-corrected chi connectivity index (χ0v) is 12.0. The Balaban J connectivity index is 1.66. The van der Waals surface area contributed by atoms with Gasteiger partial charge in [-0.25, -0.2) is 18.0 Å². The molecule has 2 aliphatic carbocycles. The van der Waals surface area contributed by atoms with Crippen LogP contribution in [0.2, 0.25) is 0 Å². The van der Waals surface area contributed by atoms with Crippen LogP contribution in [0, 0.1) is 5.82 Å². The molecule has 0 unspecified atom stereocenters. The van der Waals surface area contributed by atoms with Crippen LogP contribution in [0.25, 0.3) is 0 Å². The Morgan fingerprint density at radius 1 is 1.30 bits per heavy atom. The standard InChI is InChI=1S/C15H15F3N2O3/c16-11-2-1-7(9-4-12(9)23-14(19)22)3-10(11)13(21)20-8-5-15(17,18)6-8/h1-3,8-9,12H,4-6H2,(H2,19,22)(H,20,21)/t9-,12+/m0/s1. The predicted octanol–water partition coefficient (Wildman–Crippen LogP) is 2.30. The normalized spacial score (nSPS) is 25.3. The Kier molecular flexibility index (Phi) is 3.69. The van der Waals surface area contributed by atoms with Crippen LogP contribution in [-0.2, 0) is 4.74 Å². The topological polar surface area (TPSA) is 81.4 Å². The summed E-state index contributed by atoms with van der Waals surface area (Å²) in [5.74, 6) is -4.35. The molecule has 1 aromatic carbocycles. The Morgan fingerprint density at radius 2 is 2.00 bits per heavy atom. The van der Waals surface area contributed by atoms with Gasteiger partial charge >= 0.3 is 6.09 Å². The highest BCUT2D eigenvalue weighted by atomic mass is 19.3. The van der Waals surface area contributed by atoms with E-state index in [2.05, 4.69) is 5.32 Å². The van der Waals surface area contributed by atoms with Crippen LogP contribution in [0.3, 0.4) is 0 Å². The Morgan fingerprint density at radius 3 is 2.61 bits per heavy atom. The number of benzene rings is 1. The second-order valence-electron chi connectivity index (χ2n) is 5.99. The molecule has 23 heavy (non-hydrogen) atoms. The molecule has 2 atom stereocenters. The lowest BCUT2D eigenvalue weighted by Gasteiger charge is -2.35. The van der Waals surface area contributed by atoms with E-state index in [-0.39, 0.29) is 17.6 Å². The van der Waals surface area contributed by atoms with Gasteiger partial charge in [-0.1, -0.05) is 6.07 Å².